The summed E-state index contributed by atoms with van der Waals surface area (Å²) in [5, 5.41) is 7.34. The molecule has 0 bridgehead atoms. The zero-order valence-corrected chi connectivity index (χ0v) is 15.7. The molecule has 1 amide bonds. The quantitative estimate of drug-likeness (QED) is 0.889. The summed E-state index contributed by atoms with van der Waals surface area (Å²) in [4.78, 5) is 15.0. The maximum Gasteiger partial charge on any atom is 0.244 e. The fraction of sp³-hybridized carbons (Fsp3) is 0.474. The van der Waals surface area contributed by atoms with Gasteiger partial charge >= 0.3 is 0 Å². The third-order valence-electron chi connectivity index (χ3n) is 4.79. The molecule has 1 aromatic carbocycles. The van der Waals surface area contributed by atoms with Crippen LogP contribution in [0, 0.1) is 5.92 Å². The van der Waals surface area contributed by atoms with E-state index in [1.165, 1.54) is 12.0 Å². The van der Waals surface area contributed by atoms with E-state index >= 15 is 0 Å². The van der Waals surface area contributed by atoms with Crippen molar-refractivity contribution in [2.24, 2.45) is 13.0 Å². The van der Waals surface area contributed by atoms with E-state index < -0.39 is 0 Å². The largest absolute Gasteiger partial charge is 0.341 e. The lowest BCUT2D eigenvalue weighted by Crippen LogP contribution is -2.45. The first-order valence-electron chi connectivity index (χ1n) is 8.66. The van der Waals surface area contributed by atoms with Crippen molar-refractivity contribution < 1.29 is 4.79 Å². The van der Waals surface area contributed by atoms with Gasteiger partial charge in [-0.2, -0.15) is 5.10 Å². The number of nitrogens with zero attached hydrogens (tertiary/aromatic N) is 3. The highest BCUT2D eigenvalue weighted by Gasteiger charge is 2.29. The number of aromatic nitrogens is 2. The predicted octanol–water partition coefficient (Wildman–Crippen LogP) is 2.58. The summed E-state index contributed by atoms with van der Waals surface area (Å²) in [6.07, 6.45) is 6.99. The second-order valence-electron chi connectivity index (χ2n) is 6.65. The Morgan fingerprint density at radius 3 is 2.76 bits per heavy atom. The fourth-order valence-electron chi connectivity index (χ4n) is 3.58. The lowest BCUT2D eigenvalue weighted by atomic mass is 9.91. The second-order valence-corrected chi connectivity index (χ2v) is 6.65. The molecule has 1 N–H and O–H groups in total. The molecule has 1 aliphatic rings. The third-order valence-corrected chi connectivity index (χ3v) is 4.79. The maximum absolute atomic E-state index is 13.0. The molecule has 1 saturated heterocycles. The summed E-state index contributed by atoms with van der Waals surface area (Å²) < 4.78 is 1.74. The van der Waals surface area contributed by atoms with Crippen molar-refractivity contribution in [1.82, 2.24) is 20.0 Å². The molecule has 5 nitrogen and oxygen atoms in total. The van der Waals surface area contributed by atoms with Gasteiger partial charge in [-0.25, -0.2) is 0 Å². The number of amides is 1. The number of benzene rings is 1. The van der Waals surface area contributed by atoms with Crippen molar-refractivity contribution in [1.29, 1.82) is 0 Å². The molecule has 0 spiro atoms. The van der Waals surface area contributed by atoms with Gasteiger partial charge < -0.3 is 10.2 Å². The Kier molecular flexibility index (Phi) is 7.02. The van der Waals surface area contributed by atoms with Crippen LogP contribution in [0.25, 0.3) is 0 Å². The van der Waals surface area contributed by atoms with E-state index in [0.29, 0.717) is 5.92 Å². The second kappa shape index (κ2) is 9.02. The number of rotatable bonds is 5. The number of hydrogen-bond donors (Lipinski definition) is 1. The highest BCUT2D eigenvalue weighted by molar-refractivity contribution is 5.85. The molecule has 2 aromatic rings. The Morgan fingerprint density at radius 2 is 2.12 bits per heavy atom. The van der Waals surface area contributed by atoms with E-state index in [1.807, 2.05) is 31.3 Å². The lowest BCUT2D eigenvalue weighted by molar-refractivity contribution is -0.135. The Balaban J connectivity index is 0.00000225. The molecular formula is C19H27ClN4O. The zero-order chi connectivity index (χ0) is 16.9. The number of aryl methyl sites for hydroxylation is 1. The van der Waals surface area contributed by atoms with Gasteiger partial charge in [0.25, 0.3) is 0 Å². The molecule has 0 radical (unpaired) electrons. The summed E-state index contributed by atoms with van der Waals surface area (Å²) in [7, 11) is 3.71. The minimum Gasteiger partial charge on any atom is -0.341 e. The van der Waals surface area contributed by atoms with E-state index in [0.717, 1.165) is 31.5 Å². The molecule has 6 heteroatoms. The Labute approximate surface area is 155 Å². The molecule has 0 saturated carbocycles. The van der Waals surface area contributed by atoms with Crippen molar-refractivity contribution in [3.63, 3.8) is 0 Å². The molecule has 1 aromatic heterocycles. The van der Waals surface area contributed by atoms with Crippen molar-refractivity contribution in [3.05, 3.63) is 53.9 Å². The number of nitrogens with one attached hydrogen (secondary N) is 1. The molecule has 1 fully saturated rings. The van der Waals surface area contributed by atoms with E-state index in [-0.39, 0.29) is 24.4 Å². The van der Waals surface area contributed by atoms with Crippen LogP contribution in [0.4, 0.5) is 0 Å². The molecule has 25 heavy (non-hydrogen) atoms. The van der Waals surface area contributed by atoms with Gasteiger partial charge in [0.05, 0.1) is 6.20 Å². The number of likely N-dealkylation sites (tertiary alicyclic amines) is 1. The standard InChI is InChI=1S/C19H26N4O.ClH/c1-20-18(17-12-21-22(2)14-17)19(24)23-10-6-9-16(13-23)11-15-7-4-3-5-8-15;/h3-5,7-8,12,14,16,18,20H,6,9-11,13H2,1-2H3;1H. The summed E-state index contributed by atoms with van der Waals surface area (Å²) in [6, 6.07) is 10.3. The van der Waals surface area contributed by atoms with Crippen LogP contribution in [-0.2, 0) is 18.3 Å². The number of piperidine rings is 1. The SMILES string of the molecule is CNC(C(=O)N1CCCC(Cc2ccccc2)C1)c1cnn(C)c1.Cl. The Bertz CT molecular complexity index is 673. The normalized spacial score (nSPS) is 18.5. The number of carbonyl (C=O) groups excluding carboxylic acids is 1. The number of halogens is 1. The topological polar surface area (TPSA) is 50.2 Å². The molecule has 0 aliphatic carbocycles. The lowest BCUT2D eigenvalue weighted by Gasteiger charge is -2.35. The zero-order valence-electron chi connectivity index (χ0n) is 14.9. The highest BCUT2D eigenvalue weighted by Crippen LogP contribution is 2.24. The Hall–Kier alpha value is -1.85. The van der Waals surface area contributed by atoms with Gasteiger partial charge in [-0.1, -0.05) is 30.3 Å². The molecular weight excluding hydrogens is 336 g/mol. The van der Waals surface area contributed by atoms with Crippen molar-refractivity contribution in [2.75, 3.05) is 20.1 Å². The maximum atomic E-state index is 13.0. The van der Waals surface area contributed by atoms with Crippen molar-refractivity contribution in [2.45, 2.75) is 25.3 Å². The van der Waals surface area contributed by atoms with Crippen LogP contribution in [0.5, 0.6) is 0 Å². The van der Waals surface area contributed by atoms with E-state index in [2.05, 4.69) is 34.7 Å². The molecule has 2 unspecified atom stereocenters. The molecule has 136 valence electrons. The monoisotopic (exact) mass is 362 g/mol. The van der Waals surface area contributed by atoms with E-state index in [4.69, 9.17) is 0 Å². The van der Waals surface area contributed by atoms with Crippen LogP contribution in [0.1, 0.15) is 30.0 Å². The molecule has 2 heterocycles. The van der Waals surface area contributed by atoms with E-state index in [9.17, 15) is 4.79 Å². The first kappa shape index (κ1) is 19.5. The van der Waals surface area contributed by atoms with Crippen LogP contribution >= 0.6 is 12.4 Å². The molecule has 2 atom stereocenters. The third kappa shape index (κ3) is 4.83. The van der Waals surface area contributed by atoms with Gasteiger partial charge in [0, 0.05) is 31.9 Å². The van der Waals surface area contributed by atoms with Crippen molar-refractivity contribution >= 4 is 18.3 Å². The van der Waals surface area contributed by atoms with Crippen LogP contribution in [0.2, 0.25) is 0 Å². The van der Waals surface area contributed by atoms with Gasteiger partial charge in [0.15, 0.2) is 0 Å². The first-order valence-corrected chi connectivity index (χ1v) is 8.66. The highest BCUT2D eigenvalue weighted by atomic mass is 35.5. The van der Waals surface area contributed by atoms with Gasteiger partial charge in [0.1, 0.15) is 6.04 Å². The number of carbonyl (C=O) groups is 1. The number of likely N-dealkylation sites (N-methyl/N-ethyl adjacent to an activating group) is 1. The van der Waals surface area contributed by atoms with Crippen LogP contribution in [0.15, 0.2) is 42.7 Å². The average Bonchev–Trinajstić information content (AvgIpc) is 3.03. The van der Waals surface area contributed by atoms with Gasteiger partial charge in [-0.05, 0) is 37.8 Å². The van der Waals surface area contributed by atoms with Crippen LogP contribution < -0.4 is 5.32 Å². The van der Waals surface area contributed by atoms with Crippen LogP contribution in [-0.4, -0.2) is 40.7 Å². The summed E-state index contributed by atoms with van der Waals surface area (Å²) in [6.45, 7) is 1.69. The smallest absolute Gasteiger partial charge is 0.244 e. The minimum atomic E-state index is -0.311. The Morgan fingerprint density at radius 1 is 1.36 bits per heavy atom. The first-order chi connectivity index (χ1) is 11.7. The number of hydrogen-bond acceptors (Lipinski definition) is 3. The predicted molar refractivity (Wildman–Crippen MR) is 102 cm³/mol. The summed E-state index contributed by atoms with van der Waals surface area (Å²) in [5.74, 6) is 0.694. The van der Waals surface area contributed by atoms with Crippen LogP contribution in [0.3, 0.4) is 0 Å². The van der Waals surface area contributed by atoms with Gasteiger partial charge in [-0.15, -0.1) is 12.4 Å². The minimum absolute atomic E-state index is 0. The summed E-state index contributed by atoms with van der Waals surface area (Å²) >= 11 is 0. The fourth-order valence-corrected chi connectivity index (χ4v) is 3.58. The summed E-state index contributed by atoms with van der Waals surface area (Å²) in [5.41, 5.74) is 2.28. The van der Waals surface area contributed by atoms with Gasteiger partial charge in [-0.3, -0.25) is 9.48 Å². The van der Waals surface area contributed by atoms with Crippen molar-refractivity contribution in [3.8, 4) is 0 Å². The van der Waals surface area contributed by atoms with E-state index in [1.54, 1.807) is 10.9 Å². The van der Waals surface area contributed by atoms with Gasteiger partial charge in [0.2, 0.25) is 5.91 Å². The average molecular weight is 363 g/mol. The molecule has 3 rings (SSSR count). The molecule has 1 aliphatic heterocycles.